The lowest BCUT2D eigenvalue weighted by atomic mass is 10.0. The Morgan fingerprint density at radius 2 is 1.83 bits per heavy atom. The fraction of sp³-hybridized carbons (Fsp3) is 0.111. The zero-order valence-corrected chi connectivity index (χ0v) is 14.6. The van der Waals surface area contributed by atoms with Crippen LogP contribution in [0.25, 0.3) is 5.70 Å². The lowest BCUT2D eigenvalue weighted by Crippen LogP contribution is -2.20. The smallest absolute Gasteiger partial charge is 0.227 e. The largest absolute Gasteiger partial charge is 0.324 e. The molecule has 24 heavy (non-hydrogen) atoms. The Labute approximate surface area is 149 Å². The van der Waals surface area contributed by atoms with Crippen molar-refractivity contribution in [1.82, 2.24) is 14.8 Å². The van der Waals surface area contributed by atoms with Crippen LogP contribution in [0.3, 0.4) is 0 Å². The SMILES string of the molecule is CSc1nc2n(n1)[C@@H](c1ccc(Cl)cc1)C=C(c1ccccc1)N2. The summed E-state index contributed by atoms with van der Waals surface area (Å²) in [5, 5.41) is 9.47. The van der Waals surface area contributed by atoms with Gasteiger partial charge in [0.1, 0.15) is 6.04 Å². The van der Waals surface area contributed by atoms with Gasteiger partial charge in [-0.05, 0) is 35.6 Å². The number of hydrogen-bond donors (Lipinski definition) is 1. The summed E-state index contributed by atoms with van der Waals surface area (Å²) in [5.41, 5.74) is 3.27. The molecule has 0 saturated carbocycles. The molecule has 120 valence electrons. The minimum absolute atomic E-state index is 0.0258. The first-order valence-corrected chi connectivity index (χ1v) is 9.15. The summed E-state index contributed by atoms with van der Waals surface area (Å²) in [5.74, 6) is 0.751. The number of benzene rings is 2. The monoisotopic (exact) mass is 354 g/mol. The first kappa shape index (κ1) is 15.3. The van der Waals surface area contributed by atoms with E-state index in [0.29, 0.717) is 0 Å². The van der Waals surface area contributed by atoms with E-state index in [1.807, 2.05) is 53.4 Å². The van der Waals surface area contributed by atoms with Gasteiger partial charge in [0.25, 0.3) is 0 Å². The Kier molecular flexibility index (Phi) is 4.04. The minimum atomic E-state index is -0.0258. The molecular formula is C18H15ClN4S. The topological polar surface area (TPSA) is 42.7 Å². The number of halogens is 1. The first-order chi connectivity index (χ1) is 11.7. The predicted octanol–water partition coefficient (Wildman–Crippen LogP) is 4.71. The molecule has 4 rings (SSSR count). The van der Waals surface area contributed by atoms with Crippen LogP contribution in [0, 0.1) is 0 Å². The molecule has 1 aromatic heterocycles. The quantitative estimate of drug-likeness (QED) is 0.692. The summed E-state index contributed by atoms with van der Waals surface area (Å²) >= 11 is 7.57. The van der Waals surface area contributed by atoms with Gasteiger partial charge in [0.05, 0.1) is 0 Å². The Morgan fingerprint density at radius 1 is 1.08 bits per heavy atom. The number of allylic oxidation sites excluding steroid dienone is 1. The third-order valence-electron chi connectivity index (χ3n) is 3.93. The molecule has 3 aromatic rings. The van der Waals surface area contributed by atoms with Gasteiger partial charge in [0, 0.05) is 10.7 Å². The molecule has 0 saturated heterocycles. The van der Waals surface area contributed by atoms with Crippen molar-refractivity contribution in [2.75, 3.05) is 11.6 Å². The zero-order valence-electron chi connectivity index (χ0n) is 13.0. The van der Waals surface area contributed by atoms with Crippen molar-refractivity contribution < 1.29 is 0 Å². The maximum Gasteiger partial charge on any atom is 0.227 e. The Morgan fingerprint density at radius 3 is 2.54 bits per heavy atom. The zero-order chi connectivity index (χ0) is 16.5. The third kappa shape index (κ3) is 2.81. The van der Waals surface area contributed by atoms with Gasteiger partial charge in [-0.25, -0.2) is 4.68 Å². The molecule has 2 heterocycles. The number of rotatable bonds is 3. The predicted molar refractivity (Wildman–Crippen MR) is 99.4 cm³/mol. The summed E-state index contributed by atoms with van der Waals surface area (Å²) in [6.07, 6.45) is 4.15. The van der Waals surface area contributed by atoms with Crippen LogP contribution in [-0.2, 0) is 0 Å². The second kappa shape index (κ2) is 6.34. The molecule has 1 aliphatic rings. The van der Waals surface area contributed by atoms with Gasteiger partial charge in [0.15, 0.2) is 0 Å². The lowest BCUT2D eigenvalue weighted by Gasteiger charge is -2.24. The summed E-state index contributed by atoms with van der Waals surface area (Å²) in [7, 11) is 0. The van der Waals surface area contributed by atoms with Crippen molar-refractivity contribution in [3.05, 3.63) is 76.8 Å². The van der Waals surface area contributed by atoms with Crippen molar-refractivity contribution in [2.24, 2.45) is 0 Å². The Balaban J connectivity index is 1.83. The number of aromatic nitrogens is 3. The van der Waals surface area contributed by atoms with Gasteiger partial charge >= 0.3 is 0 Å². The number of thioether (sulfide) groups is 1. The van der Waals surface area contributed by atoms with Crippen LogP contribution in [0.15, 0.2) is 65.8 Å². The van der Waals surface area contributed by atoms with Gasteiger partial charge in [-0.2, -0.15) is 4.98 Å². The molecule has 0 fully saturated rings. The molecule has 1 aliphatic heterocycles. The van der Waals surface area contributed by atoms with E-state index in [0.717, 1.165) is 33.0 Å². The molecule has 0 spiro atoms. The van der Waals surface area contributed by atoms with Crippen LogP contribution in [0.5, 0.6) is 0 Å². The molecule has 0 radical (unpaired) electrons. The highest BCUT2D eigenvalue weighted by molar-refractivity contribution is 7.98. The average Bonchev–Trinajstić information content (AvgIpc) is 3.05. The van der Waals surface area contributed by atoms with Gasteiger partial charge < -0.3 is 5.32 Å². The first-order valence-electron chi connectivity index (χ1n) is 7.55. The van der Waals surface area contributed by atoms with E-state index in [2.05, 4.69) is 33.6 Å². The minimum Gasteiger partial charge on any atom is -0.324 e. The highest BCUT2D eigenvalue weighted by Gasteiger charge is 2.25. The number of fused-ring (bicyclic) bond motifs is 1. The van der Waals surface area contributed by atoms with Crippen molar-refractivity contribution >= 4 is 35.0 Å². The summed E-state index contributed by atoms with van der Waals surface area (Å²) in [6.45, 7) is 0. The average molecular weight is 355 g/mol. The van der Waals surface area contributed by atoms with E-state index in [1.54, 1.807) is 0 Å². The molecule has 1 atom stereocenters. The van der Waals surface area contributed by atoms with Crippen molar-refractivity contribution in [3.63, 3.8) is 0 Å². The number of nitrogens with zero attached hydrogens (tertiary/aromatic N) is 3. The van der Waals surface area contributed by atoms with Crippen LogP contribution in [-0.4, -0.2) is 21.0 Å². The maximum absolute atomic E-state index is 6.04. The van der Waals surface area contributed by atoms with Crippen LogP contribution in [0.2, 0.25) is 5.02 Å². The van der Waals surface area contributed by atoms with Crippen molar-refractivity contribution in [2.45, 2.75) is 11.2 Å². The molecular weight excluding hydrogens is 340 g/mol. The van der Waals surface area contributed by atoms with Gasteiger partial charge in [0.2, 0.25) is 11.1 Å². The van der Waals surface area contributed by atoms with E-state index >= 15 is 0 Å². The summed E-state index contributed by atoms with van der Waals surface area (Å²) in [4.78, 5) is 4.58. The summed E-state index contributed by atoms with van der Waals surface area (Å²) < 4.78 is 1.92. The highest BCUT2D eigenvalue weighted by Crippen LogP contribution is 2.33. The van der Waals surface area contributed by atoms with E-state index in [4.69, 9.17) is 11.6 Å². The molecule has 1 N–H and O–H groups in total. The molecule has 0 amide bonds. The van der Waals surface area contributed by atoms with Gasteiger partial charge in [-0.15, -0.1) is 5.10 Å². The molecule has 0 aliphatic carbocycles. The van der Waals surface area contributed by atoms with Gasteiger partial charge in [-0.1, -0.05) is 65.8 Å². The standard InChI is InChI=1S/C18H15ClN4S/c1-24-18-21-17-20-15(12-5-3-2-4-6-12)11-16(23(17)22-18)13-7-9-14(19)10-8-13/h2-11,16H,1H3,(H,20,21,22)/t16-/m1/s1. The summed E-state index contributed by atoms with van der Waals surface area (Å²) in [6, 6.07) is 18.1. The number of hydrogen-bond acceptors (Lipinski definition) is 4. The maximum atomic E-state index is 6.04. The third-order valence-corrected chi connectivity index (χ3v) is 4.72. The second-order valence-electron chi connectivity index (χ2n) is 5.43. The van der Waals surface area contributed by atoms with Crippen molar-refractivity contribution in [1.29, 1.82) is 0 Å². The highest BCUT2D eigenvalue weighted by atomic mass is 35.5. The molecule has 6 heteroatoms. The van der Waals surface area contributed by atoms with Crippen molar-refractivity contribution in [3.8, 4) is 0 Å². The van der Waals surface area contributed by atoms with E-state index in [-0.39, 0.29) is 6.04 Å². The Bertz CT molecular complexity index is 887. The van der Waals surface area contributed by atoms with E-state index in [9.17, 15) is 0 Å². The molecule has 4 nitrogen and oxygen atoms in total. The number of nitrogens with one attached hydrogen (secondary N) is 1. The van der Waals surface area contributed by atoms with E-state index in [1.165, 1.54) is 11.8 Å². The lowest BCUT2D eigenvalue weighted by molar-refractivity contribution is 0.598. The second-order valence-corrected chi connectivity index (χ2v) is 6.64. The normalized spacial score (nSPS) is 16.2. The van der Waals surface area contributed by atoms with Crippen LogP contribution < -0.4 is 5.32 Å². The van der Waals surface area contributed by atoms with Crippen LogP contribution in [0.4, 0.5) is 5.95 Å². The molecule has 0 unspecified atom stereocenters. The van der Waals surface area contributed by atoms with Crippen LogP contribution >= 0.6 is 23.4 Å². The fourth-order valence-electron chi connectivity index (χ4n) is 2.74. The van der Waals surface area contributed by atoms with E-state index < -0.39 is 0 Å². The van der Waals surface area contributed by atoms with Crippen LogP contribution in [0.1, 0.15) is 17.2 Å². The number of anilines is 1. The molecule has 2 aromatic carbocycles. The Hall–Kier alpha value is -2.24. The van der Waals surface area contributed by atoms with Gasteiger partial charge in [-0.3, -0.25) is 0 Å². The fourth-order valence-corrected chi connectivity index (χ4v) is 3.22. The molecule has 0 bridgehead atoms.